The van der Waals surface area contributed by atoms with Crippen LogP contribution in [0.15, 0.2) is 91.6 Å². The van der Waals surface area contributed by atoms with Gasteiger partial charge in [-0.1, -0.05) is 61.2 Å². The Kier molecular flexibility index (Phi) is 4.52. The van der Waals surface area contributed by atoms with E-state index in [1.54, 1.807) is 6.08 Å². The molecular formula is C23H20N2O. The number of pyridine rings is 1. The molecule has 0 atom stereocenters. The van der Waals surface area contributed by atoms with E-state index in [0.717, 1.165) is 34.8 Å². The van der Waals surface area contributed by atoms with Crippen LogP contribution < -0.4 is 4.74 Å². The Morgan fingerprint density at radius 3 is 2.54 bits per heavy atom. The van der Waals surface area contributed by atoms with E-state index in [1.165, 1.54) is 5.56 Å². The van der Waals surface area contributed by atoms with Gasteiger partial charge < -0.3 is 9.14 Å². The molecule has 4 rings (SSSR count). The van der Waals surface area contributed by atoms with Crippen LogP contribution in [0.2, 0.25) is 0 Å². The maximum atomic E-state index is 5.87. The van der Waals surface area contributed by atoms with Gasteiger partial charge in [0.1, 0.15) is 18.0 Å². The minimum absolute atomic E-state index is 0.471. The number of aromatic nitrogens is 2. The fraction of sp³-hybridized carbons (Fsp3) is 0.0870. The van der Waals surface area contributed by atoms with Crippen molar-refractivity contribution in [3.63, 3.8) is 0 Å². The van der Waals surface area contributed by atoms with E-state index in [2.05, 4.69) is 47.5 Å². The van der Waals surface area contributed by atoms with Crippen molar-refractivity contribution in [3.8, 4) is 17.0 Å². The predicted molar refractivity (Wildman–Crippen MR) is 106 cm³/mol. The minimum atomic E-state index is 0.471. The van der Waals surface area contributed by atoms with Crippen LogP contribution in [-0.2, 0) is 6.42 Å². The highest BCUT2D eigenvalue weighted by Gasteiger charge is 2.17. The zero-order chi connectivity index (χ0) is 17.8. The molecule has 0 aliphatic heterocycles. The number of fused-ring (bicyclic) bond motifs is 1. The second-order valence-electron chi connectivity index (χ2n) is 6.09. The van der Waals surface area contributed by atoms with Crippen LogP contribution in [0.5, 0.6) is 5.75 Å². The number of rotatable bonds is 6. The Morgan fingerprint density at radius 2 is 1.69 bits per heavy atom. The Labute approximate surface area is 153 Å². The lowest BCUT2D eigenvalue weighted by atomic mass is 10.0. The van der Waals surface area contributed by atoms with E-state index < -0.39 is 0 Å². The van der Waals surface area contributed by atoms with Gasteiger partial charge in [-0.2, -0.15) is 0 Å². The monoisotopic (exact) mass is 340 g/mol. The summed E-state index contributed by atoms with van der Waals surface area (Å²) in [6, 6.07) is 24.6. The molecule has 3 heteroatoms. The van der Waals surface area contributed by atoms with Gasteiger partial charge >= 0.3 is 0 Å². The minimum Gasteiger partial charge on any atom is -0.489 e. The summed E-state index contributed by atoms with van der Waals surface area (Å²) in [5.41, 5.74) is 5.31. The van der Waals surface area contributed by atoms with Crippen LogP contribution in [-0.4, -0.2) is 16.0 Å². The van der Waals surface area contributed by atoms with Gasteiger partial charge in [-0.05, 0) is 29.8 Å². The van der Waals surface area contributed by atoms with Crippen LogP contribution in [0, 0.1) is 0 Å². The molecule has 0 radical (unpaired) electrons. The first-order valence-electron chi connectivity index (χ1n) is 8.70. The molecule has 2 aromatic heterocycles. The number of benzene rings is 2. The normalized spacial score (nSPS) is 10.8. The molecule has 0 aliphatic carbocycles. The largest absolute Gasteiger partial charge is 0.489 e. The van der Waals surface area contributed by atoms with E-state index >= 15 is 0 Å². The summed E-state index contributed by atoms with van der Waals surface area (Å²) in [6.07, 6.45) is 4.62. The van der Waals surface area contributed by atoms with E-state index in [9.17, 15) is 0 Å². The molecule has 0 N–H and O–H groups in total. The molecule has 0 bridgehead atoms. The van der Waals surface area contributed by atoms with Crippen LogP contribution in [0.3, 0.4) is 0 Å². The van der Waals surface area contributed by atoms with Crippen molar-refractivity contribution in [3.05, 3.63) is 103 Å². The molecule has 128 valence electrons. The second kappa shape index (κ2) is 7.28. The number of hydrogen-bond acceptors (Lipinski definition) is 2. The maximum Gasteiger partial charge on any atom is 0.137 e. The summed E-state index contributed by atoms with van der Waals surface area (Å²) in [4.78, 5) is 4.90. The highest BCUT2D eigenvalue weighted by molar-refractivity contribution is 5.72. The van der Waals surface area contributed by atoms with Crippen molar-refractivity contribution in [1.29, 1.82) is 0 Å². The van der Waals surface area contributed by atoms with Crippen molar-refractivity contribution in [2.24, 2.45) is 0 Å². The van der Waals surface area contributed by atoms with Gasteiger partial charge in [-0.3, -0.25) is 0 Å². The first kappa shape index (κ1) is 16.2. The Morgan fingerprint density at radius 1 is 0.923 bits per heavy atom. The van der Waals surface area contributed by atoms with Gasteiger partial charge in [0, 0.05) is 18.2 Å². The summed E-state index contributed by atoms with van der Waals surface area (Å²) in [5.74, 6) is 0.824. The number of hydrogen-bond donors (Lipinski definition) is 0. The first-order valence-corrected chi connectivity index (χ1v) is 8.70. The summed E-state index contributed by atoms with van der Waals surface area (Å²) >= 11 is 0. The lowest BCUT2D eigenvalue weighted by Crippen LogP contribution is -1.99. The Bertz CT molecular complexity index is 1030. The number of nitrogens with zero attached hydrogens (tertiary/aromatic N) is 2. The number of imidazole rings is 1. The van der Waals surface area contributed by atoms with Gasteiger partial charge in [0.25, 0.3) is 0 Å². The van der Waals surface area contributed by atoms with Crippen molar-refractivity contribution in [2.75, 3.05) is 6.61 Å². The van der Waals surface area contributed by atoms with Gasteiger partial charge in [-0.15, -0.1) is 0 Å². The van der Waals surface area contributed by atoms with Crippen LogP contribution >= 0.6 is 0 Å². The predicted octanol–water partition coefficient (Wildman–Crippen LogP) is 5.16. The highest BCUT2D eigenvalue weighted by Crippen LogP contribution is 2.33. The summed E-state index contributed by atoms with van der Waals surface area (Å²) in [6.45, 7) is 4.21. The number of ether oxygens (including phenoxy) is 1. The molecule has 0 unspecified atom stereocenters. The zero-order valence-electron chi connectivity index (χ0n) is 14.5. The molecule has 0 amide bonds. The standard InChI is InChI=1S/C23H20N2O/c1-2-16-26-21-13-7-6-12-19(21)23-20(17-18-10-4-3-5-11-18)25-15-9-8-14-22(25)24-23/h2-15H,1,16-17H2. The number of para-hydroxylation sites is 1. The lowest BCUT2D eigenvalue weighted by Gasteiger charge is -2.11. The average molecular weight is 340 g/mol. The summed E-state index contributed by atoms with van der Waals surface area (Å²) < 4.78 is 8.03. The smallest absolute Gasteiger partial charge is 0.137 e. The van der Waals surface area contributed by atoms with Gasteiger partial charge in [-0.25, -0.2) is 4.98 Å². The highest BCUT2D eigenvalue weighted by atomic mass is 16.5. The third-order valence-corrected chi connectivity index (χ3v) is 4.34. The zero-order valence-corrected chi connectivity index (χ0v) is 14.5. The van der Waals surface area contributed by atoms with Crippen LogP contribution in [0.1, 0.15) is 11.3 Å². The average Bonchev–Trinajstić information content (AvgIpc) is 3.06. The van der Waals surface area contributed by atoms with Gasteiger partial charge in [0.05, 0.1) is 11.4 Å². The second-order valence-corrected chi connectivity index (χ2v) is 6.09. The van der Waals surface area contributed by atoms with Crippen molar-refractivity contribution in [1.82, 2.24) is 9.38 Å². The Hall–Kier alpha value is -3.33. The van der Waals surface area contributed by atoms with E-state index in [0.29, 0.717) is 6.61 Å². The molecule has 0 saturated heterocycles. The first-order chi connectivity index (χ1) is 12.9. The van der Waals surface area contributed by atoms with Crippen LogP contribution in [0.4, 0.5) is 0 Å². The molecule has 3 nitrogen and oxygen atoms in total. The van der Waals surface area contributed by atoms with E-state index in [4.69, 9.17) is 9.72 Å². The molecule has 0 fully saturated rings. The van der Waals surface area contributed by atoms with Crippen molar-refractivity contribution < 1.29 is 4.74 Å². The quantitative estimate of drug-likeness (QED) is 0.453. The molecular weight excluding hydrogens is 320 g/mol. The van der Waals surface area contributed by atoms with Crippen LogP contribution in [0.25, 0.3) is 16.9 Å². The maximum absolute atomic E-state index is 5.87. The molecule has 26 heavy (non-hydrogen) atoms. The third-order valence-electron chi connectivity index (χ3n) is 4.34. The molecule has 4 aromatic rings. The van der Waals surface area contributed by atoms with E-state index in [1.807, 2.05) is 42.5 Å². The molecule has 0 spiro atoms. The molecule has 0 aliphatic rings. The summed E-state index contributed by atoms with van der Waals surface area (Å²) in [5, 5.41) is 0. The molecule has 2 heterocycles. The topological polar surface area (TPSA) is 26.5 Å². The Balaban J connectivity index is 1.88. The van der Waals surface area contributed by atoms with E-state index in [-0.39, 0.29) is 0 Å². The SMILES string of the molecule is C=CCOc1ccccc1-c1nc2ccccn2c1Cc1ccccc1. The third kappa shape index (κ3) is 3.11. The lowest BCUT2D eigenvalue weighted by molar-refractivity contribution is 0.364. The molecule has 2 aromatic carbocycles. The summed E-state index contributed by atoms with van der Waals surface area (Å²) in [7, 11) is 0. The van der Waals surface area contributed by atoms with Crippen molar-refractivity contribution in [2.45, 2.75) is 6.42 Å². The fourth-order valence-electron chi connectivity index (χ4n) is 3.16. The molecule has 0 saturated carbocycles. The van der Waals surface area contributed by atoms with Gasteiger partial charge in [0.2, 0.25) is 0 Å². The van der Waals surface area contributed by atoms with Crippen molar-refractivity contribution >= 4 is 5.65 Å². The fourth-order valence-corrected chi connectivity index (χ4v) is 3.16. The van der Waals surface area contributed by atoms with Gasteiger partial charge in [0.15, 0.2) is 0 Å².